The maximum absolute atomic E-state index is 3.70. The summed E-state index contributed by atoms with van der Waals surface area (Å²) in [5.74, 6) is 0. The third-order valence-corrected chi connectivity index (χ3v) is 1.35. The number of anilines is 1. The monoisotopic (exact) mass is 134 g/mol. The molecule has 0 saturated heterocycles. The third kappa shape index (κ3) is 1.76. The van der Waals surface area contributed by atoms with Gasteiger partial charge >= 0.3 is 0 Å². The summed E-state index contributed by atoms with van der Waals surface area (Å²) in [6, 6.07) is 8.25. The van der Waals surface area contributed by atoms with Crippen LogP contribution >= 0.6 is 0 Å². The molecule has 0 aliphatic heterocycles. The molecule has 1 nitrogen and oxygen atoms in total. The van der Waals surface area contributed by atoms with E-state index in [1.54, 1.807) is 0 Å². The molecule has 1 aromatic rings. The van der Waals surface area contributed by atoms with E-state index in [1.165, 1.54) is 5.56 Å². The van der Waals surface area contributed by atoms with Gasteiger partial charge in [-0.25, -0.2) is 0 Å². The Labute approximate surface area is 62.1 Å². The lowest BCUT2D eigenvalue weighted by Crippen LogP contribution is -1.95. The zero-order valence-corrected chi connectivity index (χ0v) is 6.22. The molecule has 0 atom stereocenters. The van der Waals surface area contributed by atoms with Gasteiger partial charge in [-0.05, 0) is 31.5 Å². The smallest absolute Gasteiger partial charge is 0.0342 e. The van der Waals surface area contributed by atoms with E-state index in [2.05, 4.69) is 31.3 Å². The molecule has 1 radical (unpaired) electrons. The molecular weight excluding hydrogens is 122 g/mol. The molecule has 1 N–H and O–H groups in total. The molecule has 0 saturated carbocycles. The minimum Gasteiger partial charge on any atom is -0.385 e. The van der Waals surface area contributed by atoms with Crippen molar-refractivity contribution in [3.8, 4) is 0 Å². The van der Waals surface area contributed by atoms with Crippen LogP contribution in [0.25, 0.3) is 0 Å². The predicted molar refractivity (Wildman–Crippen MR) is 45.0 cm³/mol. The molecule has 0 bridgehead atoms. The van der Waals surface area contributed by atoms with E-state index in [0.29, 0.717) is 0 Å². The third-order valence-electron chi connectivity index (χ3n) is 1.35. The predicted octanol–water partition coefficient (Wildman–Crippen LogP) is 2.24. The van der Waals surface area contributed by atoms with Crippen molar-refractivity contribution < 1.29 is 0 Å². The van der Waals surface area contributed by atoms with Gasteiger partial charge < -0.3 is 5.32 Å². The van der Waals surface area contributed by atoms with Gasteiger partial charge in [-0.1, -0.05) is 12.1 Å². The summed E-state index contributed by atoms with van der Waals surface area (Å²) in [5, 5.41) is 3.14. The van der Waals surface area contributed by atoms with Gasteiger partial charge in [0, 0.05) is 12.2 Å². The molecule has 0 fully saturated rings. The van der Waals surface area contributed by atoms with E-state index in [-0.39, 0.29) is 0 Å². The first-order valence-electron chi connectivity index (χ1n) is 3.42. The SMILES string of the molecule is [CH2]CNc1cccc(C)c1. The number of hydrogen-bond acceptors (Lipinski definition) is 1. The Morgan fingerprint density at radius 1 is 1.50 bits per heavy atom. The lowest BCUT2D eigenvalue weighted by Gasteiger charge is -2.01. The Balaban J connectivity index is 2.75. The Hall–Kier alpha value is -0.980. The second-order valence-electron chi connectivity index (χ2n) is 2.30. The first kappa shape index (κ1) is 7.13. The van der Waals surface area contributed by atoms with Crippen LogP contribution < -0.4 is 5.32 Å². The van der Waals surface area contributed by atoms with Crippen LogP contribution in [0.2, 0.25) is 0 Å². The van der Waals surface area contributed by atoms with Gasteiger partial charge in [0.15, 0.2) is 0 Å². The van der Waals surface area contributed by atoms with Gasteiger partial charge in [-0.2, -0.15) is 0 Å². The summed E-state index contributed by atoms with van der Waals surface area (Å²) in [5.41, 5.74) is 2.42. The first-order chi connectivity index (χ1) is 4.83. The van der Waals surface area contributed by atoms with Gasteiger partial charge in [0.25, 0.3) is 0 Å². The van der Waals surface area contributed by atoms with Crippen LogP contribution in [-0.4, -0.2) is 6.54 Å². The topological polar surface area (TPSA) is 12.0 Å². The van der Waals surface area contributed by atoms with Gasteiger partial charge in [0.2, 0.25) is 0 Å². The van der Waals surface area contributed by atoms with Gasteiger partial charge in [-0.15, -0.1) is 0 Å². The fourth-order valence-corrected chi connectivity index (χ4v) is 0.899. The van der Waals surface area contributed by atoms with Gasteiger partial charge in [0.1, 0.15) is 0 Å². The Morgan fingerprint density at radius 3 is 2.90 bits per heavy atom. The van der Waals surface area contributed by atoms with Crippen molar-refractivity contribution in [3.05, 3.63) is 36.8 Å². The number of rotatable bonds is 2. The number of benzene rings is 1. The molecule has 0 spiro atoms. The van der Waals surface area contributed by atoms with E-state index in [4.69, 9.17) is 0 Å². The van der Waals surface area contributed by atoms with Crippen LogP contribution in [0.15, 0.2) is 24.3 Å². The van der Waals surface area contributed by atoms with Crippen LogP contribution in [0, 0.1) is 13.8 Å². The van der Waals surface area contributed by atoms with Crippen molar-refractivity contribution in [3.63, 3.8) is 0 Å². The van der Waals surface area contributed by atoms with E-state index in [9.17, 15) is 0 Å². The molecule has 0 aliphatic rings. The quantitative estimate of drug-likeness (QED) is 0.654. The van der Waals surface area contributed by atoms with Gasteiger partial charge in [-0.3, -0.25) is 0 Å². The average molecular weight is 134 g/mol. The summed E-state index contributed by atoms with van der Waals surface area (Å²) < 4.78 is 0. The van der Waals surface area contributed by atoms with Crippen LogP contribution in [0.4, 0.5) is 5.69 Å². The van der Waals surface area contributed by atoms with Crippen molar-refractivity contribution in [2.24, 2.45) is 0 Å². The van der Waals surface area contributed by atoms with Crippen LogP contribution in [-0.2, 0) is 0 Å². The van der Waals surface area contributed by atoms with Crippen molar-refractivity contribution in [2.45, 2.75) is 6.92 Å². The minimum absolute atomic E-state index is 0.740. The lowest BCUT2D eigenvalue weighted by molar-refractivity contribution is 1.32. The minimum atomic E-state index is 0.740. The summed E-state index contributed by atoms with van der Waals surface area (Å²) >= 11 is 0. The number of aryl methyl sites for hydroxylation is 1. The second kappa shape index (κ2) is 3.25. The maximum atomic E-state index is 3.70. The van der Waals surface area contributed by atoms with E-state index in [0.717, 1.165) is 12.2 Å². The van der Waals surface area contributed by atoms with Crippen LogP contribution in [0.5, 0.6) is 0 Å². The lowest BCUT2D eigenvalue weighted by atomic mass is 10.2. The highest BCUT2D eigenvalue weighted by Crippen LogP contribution is 2.08. The van der Waals surface area contributed by atoms with E-state index >= 15 is 0 Å². The molecule has 1 rings (SSSR count). The highest BCUT2D eigenvalue weighted by molar-refractivity contribution is 5.45. The molecule has 0 heterocycles. The molecule has 0 amide bonds. The van der Waals surface area contributed by atoms with Crippen LogP contribution in [0.1, 0.15) is 5.56 Å². The first-order valence-corrected chi connectivity index (χ1v) is 3.42. The van der Waals surface area contributed by atoms with Crippen LogP contribution in [0.3, 0.4) is 0 Å². The Bertz CT molecular complexity index is 206. The van der Waals surface area contributed by atoms with E-state index < -0.39 is 0 Å². The average Bonchev–Trinajstić information content (AvgIpc) is 1.88. The fourth-order valence-electron chi connectivity index (χ4n) is 0.899. The summed E-state index contributed by atoms with van der Waals surface area (Å²) in [7, 11) is 0. The van der Waals surface area contributed by atoms with Crippen molar-refractivity contribution in [1.29, 1.82) is 0 Å². The fraction of sp³-hybridized carbons (Fsp3) is 0.222. The summed E-state index contributed by atoms with van der Waals surface area (Å²) in [4.78, 5) is 0. The summed E-state index contributed by atoms with van der Waals surface area (Å²) in [6.45, 7) is 6.52. The van der Waals surface area contributed by atoms with Crippen molar-refractivity contribution in [2.75, 3.05) is 11.9 Å². The van der Waals surface area contributed by atoms with Crippen molar-refractivity contribution >= 4 is 5.69 Å². The molecule has 1 aromatic carbocycles. The Morgan fingerprint density at radius 2 is 2.30 bits per heavy atom. The number of hydrogen-bond donors (Lipinski definition) is 1. The van der Waals surface area contributed by atoms with E-state index in [1.807, 2.05) is 12.1 Å². The molecule has 10 heavy (non-hydrogen) atoms. The normalized spacial score (nSPS) is 9.40. The second-order valence-corrected chi connectivity index (χ2v) is 2.30. The molecule has 0 unspecified atom stereocenters. The highest BCUT2D eigenvalue weighted by atomic mass is 14.8. The largest absolute Gasteiger partial charge is 0.385 e. The molecule has 53 valence electrons. The van der Waals surface area contributed by atoms with Crippen molar-refractivity contribution in [1.82, 2.24) is 0 Å². The standard InChI is InChI=1S/C9H12N/c1-3-10-9-6-4-5-8(2)7-9/h4-7,10H,1,3H2,2H3. The maximum Gasteiger partial charge on any atom is 0.0342 e. The molecular formula is C9H12N. The zero-order valence-electron chi connectivity index (χ0n) is 6.22. The molecule has 0 aliphatic carbocycles. The Kier molecular flexibility index (Phi) is 2.32. The number of nitrogens with one attached hydrogen (secondary N) is 1. The molecule has 0 aromatic heterocycles. The highest BCUT2D eigenvalue weighted by Gasteiger charge is 1.87. The van der Waals surface area contributed by atoms with Gasteiger partial charge in [0.05, 0.1) is 0 Å². The summed E-state index contributed by atoms with van der Waals surface area (Å²) in [6.07, 6.45) is 0. The molecule has 1 heteroatoms. The zero-order chi connectivity index (χ0) is 7.40.